The van der Waals surface area contributed by atoms with Gasteiger partial charge in [0, 0.05) is 13.2 Å². The molecule has 0 aliphatic rings. The molecule has 0 atom stereocenters. The fourth-order valence-electron chi connectivity index (χ4n) is 3.74. The van der Waals surface area contributed by atoms with Crippen LogP contribution >= 0.6 is 15.9 Å². The van der Waals surface area contributed by atoms with Gasteiger partial charge in [0.1, 0.15) is 5.33 Å². The summed E-state index contributed by atoms with van der Waals surface area (Å²) in [6.07, 6.45) is 26.7. The molecule has 180 valence electrons. The van der Waals surface area contributed by atoms with E-state index in [2.05, 4.69) is 22.9 Å². The van der Waals surface area contributed by atoms with Crippen molar-refractivity contribution in [1.29, 1.82) is 0 Å². The van der Waals surface area contributed by atoms with Gasteiger partial charge in [-0.1, -0.05) is 132 Å². The fraction of sp³-hybridized carbons (Fsp3) is 0.962. The van der Waals surface area contributed by atoms with Gasteiger partial charge in [0.05, 0.1) is 6.61 Å². The first-order chi connectivity index (χ1) is 14.8. The maximum atomic E-state index is 11.0. The maximum absolute atomic E-state index is 11.0. The van der Waals surface area contributed by atoms with Crippen LogP contribution in [0.1, 0.15) is 135 Å². The van der Waals surface area contributed by atoms with Crippen LogP contribution < -0.4 is 0 Å². The van der Waals surface area contributed by atoms with Crippen molar-refractivity contribution in [3.8, 4) is 0 Å². The summed E-state index contributed by atoms with van der Waals surface area (Å²) in [5.41, 5.74) is 0. The van der Waals surface area contributed by atoms with E-state index in [1.54, 1.807) is 0 Å². The second-order valence-corrected chi connectivity index (χ2v) is 9.24. The minimum absolute atomic E-state index is 0.161. The highest BCUT2D eigenvalue weighted by atomic mass is 79.9. The predicted octanol–water partition coefficient (Wildman–Crippen LogP) is 8.76. The summed E-state index contributed by atoms with van der Waals surface area (Å²) in [6, 6.07) is 0. The smallest absolute Gasteiger partial charge is 0.316 e. The zero-order chi connectivity index (χ0) is 22.0. The van der Waals surface area contributed by atoms with E-state index in [0.29, 0.717) is 11.9 Å². The number of carbonyl (C=O) groups excluding carboxylic acids is 1. The normalized spacial score (nSPS) is 11.1. The van der Waals surface area contributed by atoms with Crippen LogP contribution in [-0.2, 0) is 14.3 Å². The van der Waals surface area contributed by atoms with Crippen LogP contribution in [0.25, 0.3) is 0 Å². The van der Waals surface area contributed by atoms with Gasteiger partial charge in [0.2, 0.25) is 0 Å². The average Bonchev–Trinajstić information content (AvgIpc) is 2.76. The molecule has 0 rings (SSSR count). The molecule has 0 unspecified atom stereocenters. The molecule has 30 heavy (non-hydrogen) atoms. The van der Waals surface area contributed by atoms with E-state index in [0.717, 1.165) is 26.1 Å². The van der Waals surface area contributed by atoms with Gasteiger partial charge in [-0.3, -0.25) is 4.79 Å². The van der Waals surface area contributed by atoms with Gasteiger partial charge in [0.25, 0.3) is 0 Å². The van der Waals surface area contributed by atoms with E-state index in [4.69, 9.17) is 9.47 Å². The highest BCUT2D eigenvalue weighted by Crippen LogP contribution is 2.13. The third kappa shape index (κ3) is 25.9. The molecule has 0 heterocycles. The third-order valence-corrected chi connectivity index (χ3v) is 6.16. The van der Waals surface area contributed by atoms with Gasteiger partial charge in [0.15, 0.2) is 0 Å². The topological polar surface area (TPSA) is 35.5 Å². The lowest BCUT2D eigenvalue weighted by Gasteiger charge is -2.05. The van der Waals surface area contributed by atoms with Crippen LogP contribution in [0, 0.1) is 0 Å². The predicted molar refractivity (Wildman–Crippen MR) is 134 cm³/mol. The molecule has 0 saturated carbocycles. The zero-order valence-corrected chi connectivity index (χ0v) is 21.7. The van der Waals surface area contributed by atoms with Gasteiger partial charge >= 0.3 is 5.97 Å². The van der Waals surface area contributed by atoms with Crippen molar-refractivity contribution < 1.29 is 14.3 Å². The lowest BCUT2D eigenvalue weighted by atomic mass is 10.0. The molecule has 0 fully saturated rings. The molecule has 4 heteroatoms. The summed E-state index contributed by atoms with van der Waals surface area (Å²) in [4.78, 5) is 11.0. The molecule has 0 amide bonds. The third-order valence-electron chi connectivity index (χ3n) is 5.70. The van der Waals surface area contributed by atoms with Crippen molar-refractivity contribution in [3.63, 3.8) is 0 Å². The molecule has 3 nitrogen and oxygen atoms in total. The van der Waals surface area contributed by atoms with Gasteiger partial charge in [-0.15, -0.1) is 0 Å². The lowest BCUT2D eigenvalue weighted by Crippen LogP contribution is -2.06. The highest BCUT2D eigenvalue weighted by Gasteiger charge is 1.98. The van der Waals surface area contributed by atoms with E-state index in [1.165, 1.54) is 116 Å². The largest absolute Gasteiger partial charge is 0.465 e. The molecular weight excluding hydrogens is 440 g/mol. The molecule has 0 aliphatic carbocycles. The Morgan fingerprint density at radius 2 is 0.867 bits per heavy atom. The van der Waals surface area contributed by atoms with Crippen LogP contribution in [0.2, 0.25) is 0 Å². The molecule has 0 bridgehead atoms. The van der Waals surface area contributed by atoms with Crippen LogP contribution in [0.5, 0.6) is 0 Å². The summed E-state index contributed by atoms with van der Waals surface area (Å²) in [5, 5.41) is 0.298. The Balaban J connectivity index is 3.01. The van der Waals surface area contributed by atoms with Crippen LogP contribution in [-0.4, -0.2) is 31.1 Å². The molecule has 0 radical (unpaired) electrons. The van der Waals surface area contributed by atoms with E-state index in [9.17, 15) is 4.79 Å². The van der Waals surface area contributed by atoms with E-state index in [-0.39, 0.29) is 5.97 Å². The SMILES string of the molecule is CCCCCCCCCCCCCCCCOCCCCCCCCOC(=O)CBr. The van der Waals surface area contributed by atoms with Crippen LogP contribution in [0.3, 0.4) is 0 Å². The minimum Gasteiger partial charge on any atom is -0.465 e. The molecule has 0 N–H and O–H groups in total. The van der Waals surface area contributed by atoms with E-state index >= 15 is 0 Å². The number of esters is 1. The number of ether oxygens (including phenoxy) is 2. The number of rotatable bonds is 25. The first kappa shape index (κ1) is 29.9. The molecule has 0 aromatic heterocycles. The number of halogens is 1. The number of hydrogen-bond acceptors (Lipinski definition) is 3. The van der Waals surface area contributed by atoms with E-state index < -0.39 is 0 Å². The van der Waals surface area contributed by atoms with Crippen molar-refractivity contribution in [3.05, 3.63) is 0 Å². The lowest BCUT2D eigenvalue weighted by molar-refractivity contribution is -0.140. The Bertz CT molecular complexity index is 336. The Morgan fingerprint density at radius 1 is 0.533 bits per heavy atom. The van der Waals surface area contributed by atoms with Gasteiger partial charge in [-0.05, 0) is 19.3 Å². The second kappa shape index (κ2) is 26.9. The van der Waals surface area contributed by atoms with Gasteiger partial charge < -0.3 is 9.47 Å². The van der Waals surface area contributed by atoms with E-state index in [1.807, 2.05) is 0 Å². The van der Waals surface area contributed by atoms with Crippen molar-refractivity contribution in [2.45, 2.75) is 135 Å². The molecule has 0 aromatic rings. The number of carbonyl (C=O) groups is 1. The number of unbranched alkanes of at least 4 members (excludes halogenated alkanes) is 18. The van der Waals surface area contributed by atoms with Crippen LogP contribution in [0.4, 0.5) is 0 Å². The summed E-state index contributed by atoms with van der Waals surface area (Å²) >= 11 is 3.09. The Kier molecular flexibility index (Phi) is 26.9. The van der Waals surface area contributed by atoms with Gasteiger partial charge in [-0.2, -0.15) is 0 Å². The minimum atomic E-state index is -0.161. The molecule has 0 aromatic carbocycles. The first-order valence-electron chi connectivity index (χ1n) is 13.1. The van der Waals surface area contributed by atoms with Gasteiger partial charge in [-0.25, -0.2) is 0 Å². The Morgan fingerprint density at radius 3 is 1.23 bits per heavy atom. The van der Waals surface area contributed by atoms with Crippen molar-refractivity contribution >= 4 is 21.9 Å². The Labute approximate surface area is 196 Å². The zero-order valence-electron chi connectivity index (χ0n) is 20.1. The summed E-state index contributed by atoms with van der Waals surface area (Å²) < 4.78 is 10.8. The first-order valence-corrected chi connectivity index (χ1v) is 14.2. The molecule has 0 spiro atoms. The average molecular weight is 492 g/mol. The molecular formula is C26H51BrO3. The summed E-state index contributed by atoms with van der Waals surface area (Å²) in [7, 11) is 0. The number of hydrogen-bond donors (Lipinski definition) is 0. The standard InChI is InChI=1S/C26H51BrO3/c1-2-3-4-5-6-7-8-9-10-11-12-13-16-19-22-29-23-20-17-14-15-18-21-24-30-26(28)25-27/h2-25H2,1H3. The maximum Gasteiger partial charge on any atom is 0.316 e. The van der Waals surface area contributed by atoms with Crippen LogP contribution in [0.15, 0.2) is 0 Å². The fourth-order valence-corrected chi connectivity index (χ4v) is 3.90. The Hall–Kier alpha value is -0.0900. The summed E-state index contributed by atoms with van der Waals surface area (Å²) in [6.45, 7) is 4.71. The summed E-state index contributed by atoms with van der Waals surface area (Å²) in [5.74, 6) is -0.161. The van der Waals surface area contributed by atoms with Crippen molar-refractivity contribution in [2.75, 3.05) is 25.2 Å². The molecule has 0 saturated heterocycles. The monoisotopic (exact) mass is 490 g/mol. The van der Waals surface area contributed by atoms with Crippen molar-refractivity contribution in [1.82, 2.24) is 0 Å². The van der Waals surface area contributed by atoms with Crippen molar-refractivity contribution in [2.24, 2.45) is 0 Å². The highest BCUT2D eigenvalue weighted by molar-refractivity contribution is 9.09. The second-order valence-electron chi connectivity index (χ2n) is 8.68. The molecule has 0 aliphatic heterocycles. The number of alkyl halides is 1. The quantitative estimate of drug-likeness (QED) is 0.0727.